The Kier molecular flexibility index (Phi) is 6.87. The van der Waals surface area contributed by atoms with Crippen LogP contribution in [-0.4, -0.2) is 67.9 Å². The fourth-order valence-electron chi connectivity index (χ4n) is 4.71. The van der Waals surface area contributed by atoms with Gasteiger partial charge in [0, 0.05) is 45.0 Å². The van der Waals surface area contributed by atoms with E-state index in [1.165, 1.54) is 5.56 Å². The molecule has 0 aromatic heterocycles. The molecule has 9 heteroatoms. The van der Waals surface area contributed by atoms with Crippen molar-refractivity contribution in [3.8, 4) is 11.5 Å². The molecule has 0 aliphatic carbocycles. The van der Waals surface area contributed by atoms with E-state index in [1.54, 1.807) is 6.92 Å². The molecule has 2 amide bonds. The molecular weight excluding hydrogens is 448 g/mol. The monoisotopic (exact) mass is 478 g/mol. The van der Waals surface area contributed by atoms with Crippen molar-refractivity contribution < 1.29 is 23.8 Å². The normalized spacial score (nSPS) is 20.4. The second-order valence-corrected chi connectivity index (χ2v) is 8.79. The summed E-state index contributed by atoms with van der Waals surface area (Å²) in [7, 11) is 0. The number of esters is 1. The molecule has 1 saturated heterocycles. The van der Waals surface area contributed by atoms with Crippen LogP contribution in [0.5, 0.6) is 11.5 Å². The lowest BCUT2D eigenvalue weighted by molar-refractivity contribution is -0.139. The van der Waals surface area contributed by atoms with Crippen LogP contribution in [0.25, 0.3) is 0 Å². The van der Waals surface area contributed by atoms with Gasteiger partial charge in [-0.05, 0) is 30.2 Å². The zero-order valence-electron chi connectivity index (χ0n) is 19.8. The Morgan fingerprint density at radius 1 is 1.00 bits per heavy atom. The van der Waals surface area contributed by atoms with Gasteiger partial charge in [-0.2, -0.15) is 0 Å². The first-order valence-electron chi connectivity index (χ1n) is 12.0. The molecule has 0 saturated carbocycles. The average molecular weight is 479 g/mol. The highest BCUT2D eigenvalue weighted by molar-refractivity contribution is 5.95. The maximum absolute atomic E-state index is 13.0. The maximum atomic E-state index is 13.0. The van der Waals surface area contributed by atoms with Crippen LogP contribution in [0.4, 0.5) is 4.79 Å². The van der Waals surface area contributed by atoms with Crippen molar-refractivity contribution in [3.63, 3.8) is 0 Å². The number of piperazine rings is 1. The highest BCUT2D eigenvalue weighted by Gasteiger charge is 2.34. The number of amides is 2. The maximum Gasteiger partial charge on any atom is 0.338 e. The molecule has 3 aliphatic rings. The summed E-state index contributed by atoms with van der Waals surface area (Å²) in [5.41, 5.74) is 3.09. The molecule has 5 rings (SSSR count). The molecule has 0 bridgehead atoms. The molecule has 184 valence electrons. The molecule has 3 heterocycles. The van der Waals surface area contributed by atoms with E-state index >= 15 is 0 Å². The molecule has 2 aromatic carbocycles. The number of nitrogens with zero attached hydrogens (tertiary/aromatic N) is 2. The van der Waals surface area contributed by atoms with Gasteiger partial charge in [-0.1, -0.05) is 36.4 Å². The van der Waals surface area contributed by atoms with E-state index in [4.69, 9.17) is 14.2 Å². The fourth-order valence-corrected chi connectivity index (χ4v) is 4.71. The second-order valence-electron chi connectivity index (χ2n) is 8.79. The Morgan fingerprint density at radius 2 is 1.71 bits per heavy atom. The Hall–Kier alpha value is -3.56. The number of benzene rings is 2. The van der Waals surface area contributed by atoms with Crippen LogP contribution in [0, 0.1) is 0 Å². The largest absolute Gasteiger partial charge is 0.463 e. The van der Waals surface area contributed by atoms with Gasteiger partial charge in [0.15, 0.2) is 11.5 Å². The summed E-state index contributed by atoms with van der Waals surface area (Å²) in [4.78, 5) is 30.1. The Labute approximate surface area is 204 Å². The molecule has 1 atom stereocenters. The highest BCUT2D eigenvalue weighted by atomic mass is 16.7. The third kappa shape index (κ3) is 5.26. The lowest BCUT2D eigenvalue weighted by Gasteiger charge is -2.37. The lowest BCUT2D eigenvalue weighted by atomic mass is 9.95. The number of ether oxygens (including phenoxy) is 3. The van der Waals surface area contributed by atoms with Crippen LogP contribution >= 0.6 is 0 Å². The molecule has 0 radical (unpaired) electrons. The predicted molar refractivity (Wildman–Crippen MR) is 129 cm³/mol. The number of hydrogen-bond acceptors (Lipinski definition) is 7. The van der Waals surface area contributed by atoms with E-state index in [2.05, 4.69) is 26.5 Å². The minimum atomic E-state index is -0.550. The Bertz CT molecular complexity index is 1110. The molecule has 3 aliphatic heterocycles. The summed E-state index contributed by atoms with van der Waals surface area (Å²) in [5.74, 6) is 1.18. The standard InChI is InChI=1S/C26H30N4O5/c1-2-33-25(31)23-20(27-26(32)28-24(23)19-6-4-3-5-7-19)16-30-12-10-29(11-13-30)15-18-8-9-21-22(14-18)35-17-34-21/h3-9,14,24H,2,10-13,15-17H2,1H3,(H2,27,28,32)/t24-/m0/s1. The van der Waals surface area contributed by atoms with Crippen molar-refractivity contribution in [2.24, 2.45) is 0 Å². The van der Waals surface area contributed by atoms with Gasteiger partial charge >= 0.3 is 12.0 Å². The molecule has 1 fully saturated rings. The molecule has 9 nitrogen and oxygen atoms in total. The number of carbonyl (C=O) groups is 2. The number of nitrogens with one attached hydrogen (secondary N) is 2. The zero-order chi connectivity index (χ0) is 24.2. The minimum Gasteiger partial charge on any atom is -0.463 e. The van der Waals surface area contributed by atoms with Crippen molar-refractivity contribution in [2.75, 3.05) is 46.1 Å². The predicted octanol–water partition coefficient (Wildman–Crippen LogP) is 2.40. The lowest BCUT2D eigenvalue weighted by Crippen LogP contribution is -2.51. The van der Waals surface area contributed by atoms with Crippen LogP contribution in [0.15, 0.2) is 59.8 Å². The van der Waals surface area contributed by atoms with E-state index in [0.717, 1.165) is 49.8 Å². The number of rotatable bonds is 7. The van der Waals surface area contributed by atoms with Crippen molar-refractivity contribution in [3.05, 3.63) is 70.9 Å². The first kappa shape index (κ1) is 23.2. The van der Waals surface area contributed by atoms with Gasteiger partial charge in [0.05, 0.1) is 18.2 Å². The van der Waals surface area contributed by atoms with Crippen LogP contribution in [0.2, 0.25) is 0 Å². The first-order valence-corrected chi connectivity index (χ1v) is 12.0. The van der Waals surface area contributed by atoms with E-state index in [-0.39, 0.29) is 19.4 Å². The van der Waals surface area contributed by atoms with Gasteiger partial charge in [0.25, 0.3) is 0 Å². The molecule has 2 N–H and O–H groups in total. The number of carbonyl (C=O) groups excluding carboxylic acids is 2. The van der Waals surface area contributed by atoms with Crippen LogP contribution in [-0.2, 0) is 16.1 Å². The number of urea groups is 1. The van der Waals surface area contributed by atoms with Crippen molar-refractivity contribution in [1.82, 2.24) is 20.4 Å². The van der Waals surface area contributed by atoms with E-state index < -0.39 is 12.0 Å². The van der Waals surface area contributed by atoms with Crippen LogP contribution in [0.1, 0.15) is 24.1 Å². The summed E-state index contributed by atoms with van der Waals surface area (Å²) in [6.45, 7) is 7.04. The van der Waals surface area contributed by atoms with Crippen LogP contribution in [0.3, 0.4) is 0 Å². The molecule has 2 aromatic rings. The van der Waals surface area contributed by atoms with E-state index in [0.29, 0.717) is 17.8 Å². The van der Waals surface area contributed by atoms with Gasteiger partial charge in [0.1, 0.15) is 0 Å². The van der Waals surface area contributed by atoms with Gasteiger partial charge in [-0.15, -0.1) is 0 Å². The smallest absolute Gasteiger partial charge is 0.338 e. The molecule has 35 heavy (non-hydrogen) atoms. The molecule has 0 unspecified atom stereocenters. The quantitative estimate of drug-likeness (QED) is 0.591. The summed E-state index contributed by atoms with van der Waals surface area (Å²) >= 11 is 0. The Morgan fingerprint density at radius 3 is 2.46 bits per heavy atom. The minimum absolute atomic E-state index is 0.267. The molecular formula is C26H30N4O5. The fraction of sp³-hybridized carbons (Fsp3) is 0.385. The van der Waals surface area contributed by atoms with Gasteiger partial charge < -0.3 is 24.8 Å². The van der Waals surface area contributed by atoms with Crippen molar-refractivity contribution >= 4 is 12.0 Å². The number of fused-ring (bicyclic) bond motifs is 1. The topological polar surface area (TPSA) is 92.4 Å². The summed E-state index contributed by atoms with van der Waals surface area (Å²) in [6.07, 6.45) is 0. The summed E-state index contributed by atoms with van der Waals surface area (Å²) in [6, 6.07) is 14.7. The van der Waals surface area contributed by atoms with E-state index in [1.807, 2.05) is 42.5 Å². The molecule has 0 spiro atoms. The zero-order valence-corrected chi connectivity index (χ0v) is 19.8. The average Bonchev–Trinajstić information content (AvgIpc) is 3.33. The van der Waals surface area contributed by atoms with Crippen LogP contribution < -0.4 is 20.1 Å². The second kappa shape index (κ2) is 10.4. The van der Waals surface area contributed by atoms with Crippen molar-refractivity contribution in [1.29, 1.82) is 0 Å². The van der Waals surface area contributed by atoms with Gasteiger partial charge in [-0.25, -0.2) is 9.59 Å². The van der Waals surface area contributed by atoms with Crippen molar-refractivity contribution in [2.45, 2.75) is 19.5 Å². The summed E-state index contributed by atoms with van der Waals surface area (Å²) in [5, 5.41) is 5.76. The van der Waals surface area contributed by atoms with Gasteiger partial charge in [-0.3, -0.25) is 9.80 Å². The summed E-state index contributed by atoms with van der Waals surface area (Å²) < 4.78 is 16.3. The van der Waals surface area contributed by atoms with Gasteiger partial charge in [0.2, 0.25) is 6.79 Å². The van der Waals surface area contributed by atoms with E-state index in [9.17, 15) is 9.59 Å². The third-order valence-corrected chi connectivity index (χ3v) is 6.47. The first-order chi connectivity index (χ1) is 17.1. The Balaban J connectivity index is 1.27. The number of hydrogen-bond donors (Lipinski definition) is 2. The third-order valence-electron chi connectivity index (χ3n) is 6.47. The highest BCUT2D eigenvalue weighted by Crippen LogP contribution is 2.33. The SMILES string of the molecule is CCOC(=O)C1=C(CN2CCN(Cc3ccc4c(c3)OCO4)CC2)NC(=O)N[C@H]1c1ccccc1.